The Morgan fingerprint density at radius 2 is 1.96 bits per heavy atom. The molecule has 0 saturated carbocycles. The normalized spacial score (nSPS) is 15.1. The van der Waals surface area contributed by atoms with E-state index >= 15 is 0 Å². The fraction of sp³-hybridized carbons (Fsp3) is 0.400. The van der Waals surface area contributed by atoms with E-state index in [9.17, 15) is 0 Å². The molecule has 26 heavy (non-hydrogen) atoms. The molecule has 1 aliphatic heterocycles. The fourth-order valence-electron chi connectivity index (χ4n) is 3.25. The molecule has 6 nitrogen and oxygen atoms in total. The number of pyridine rings is 1. The third-order valence-corrected chi connectivity index (χ3v) is 4.64. The van der Waals surface area contributed by atoms with Gasteiger partial charge in [0, 0.05) is 52.2 Å². The highest BCUT2D eigenvalue weighted by atomic mass is 16.5. The number of benzene rings is 1. The topological polar surface area (TPSA) is 53.0 Å². The lowest BCUT2D eigenvalue weighted by molar-refractivity contribution is 0.367. The molecule has 0 atom stereocenters. The van der Waals surface area contributed by atoms with Gasteiger partial charge in [-0.25, -0.2) is 0 Å². The van der Waals surface area contributed by atoms with Gasteiger partial charge >= 0.3 is 0 Å². The summed E-state index contributed by atoms with van der Waals surface area (Å²) in [6.07, 6.45) is 4.65. The molecule has 138 valence electrons. The van der Waals surface area contributed by atoms with Gasteiger partial charge in [-0.15, -0.1) is 0 Å². The lowest BCUT2D eigenvalue weighted by Crippen LogP contribution is -2.52. The second-order valence-electron chi connectivity index (χ2n) is 6.23. The number of piperazine rings is 1. The first kappa shape index (κ1) is 18.0. The van der Waals surface area contributed by atoms with Crippen LogP contribution in [0.2, 0.25) is 0 Å². The highest BCUT2D eigenvalue weighted by Crippen LogP contribution is 2.28. The van der Waals surface area contributed by atoms with Crippen molar-refractivity contribution in [1.29, 1.82) is 0 Å². The van der Waals surface area contributed by atoms with Crippen LogP contribution in [0, 0.1) is 0 Å². The molecule has 1 aromatic carbocycles. The molecule has 1 aromatic heterocycles. The molecule has 1 saturated heterocycles. The molecule has 0 aliphatic carbocycles. The van der Waals surface area contributed by atoms with E-state index in [1.807, 2.05) is 31.4 Å². The van der Waals surface area contributed by atoms with Crippen LogP contribution in [0.1, 0.15) is 5.56 Å². The summed E-state index contributed by atoms with van der Waals surface area (Å²) < 4.78 is 5.49. The number of aromatic nitrogens is 1. The van der Waals surface area contributed by atoms with Crippen molar-refractivity contribution in [2.45, 2.75) is 6.42 Å². The number of nitrogens with zero attached hydrogens (tertiary/aromatic N) is 4. The van der Waals surface area contributed by atoms with Gasteiger partial charge in [0.1, 0.15) is 5.75 Å². The number of nitrogens with one attached hydrogen (secondary N) is 1. The Labute approximate surface area is 155 Å². The van der Waals surface area contributed by atoms with E-state index in [1.165, 1.54) is 5.56 Å². The first-order valence-corrected chi connectivity index (χ1v) is 9.04. The van der Waals surface area contributed by atoms with E-state index in [-0.39, 0.29) is 0 Å². The Balaban J connectivity index is 1.51. The van der Waals surface area contributed by atoms with Crippen molar-refractivity contribution < 1.29 is 4.74 Å². The minimum absolute atomic E-state index is 0.852. The van der Waals surface area contributed by atoms with E-state index in [1.54, 1.807) is 13.3 Å². The zero-order valence-corrected chi connectivity index (χ0v) is 15.6. The summed E-state index contributed by atoms with van der Waals surface area (Å²) in [6.45, 7) is 4.62. The molecule has 6 heteroatoms. The zero-order chi connectivity index (χ0) is 18.2. The van der Waals surface area contributed by atoms with Crippen LogP contribution in [0.15, 0.2) is 53.8 Å². The summed E-state index contributed by atoms with van der Waals surface area (Å²) in [5, 5.41) is 3.47. The monoisotopic (exact) mass is 353 g/mol. The Morgan fingerprint density at radius 1 is 1.15 bits per heavy atom. The maximum Gasteiger partial charge on any atom is 0.193 e. The van der Waals surface area contributed by atoms with Gasteiger partial charge in [0.15, 0.2) is 5.96 Å². The number of guanidine groups is 1. The number of anilines is 1. The Bertz CT molecular complexity index is 711. The van der Waals surface area contributed by atoms with Gasteiger partial charge in [-0.05, 0) is 30.2 Å². The van der Waals surface area contributed by atoms with Crippen LogP contribution < -0.4 is 15.0 Å². The summed E-state index contributed by atoms with van der Waals surface area (Å²) in [5.74, 6) is 1.90. The number of methoxy groups -OCH3 is 1. The molecule has 0 spiro atoms. The molecular formula is C20H27N5O. The molecule has 1 aliphatic rings. The summed E-state index contributed by atoms with van der Waals surface area (Å²) >= 11 is 0. The molecule has 0 unspecified atom stereocenters. The summed E-state index contributed by atoms with van der Waals surface area (Å²) in [5.41, 5.74) is 2.39. The van der Waals surface area contributed by atoms with Gasteiger partial charge in [-0.3, -0.25) is 9.98 Å². The summed E-state index contributed by atoms with van der Waals surface area (Å²) in [7, 11) is 3.57. The molecule has 2 heterocycles. The third kappa shape index (κ3) is 4.45. The van der Waals surface area contributed by atoms with Gasteiger partial charge in [0.2, 0.25) is 0 Å². The van der Waals surface area contributed by atoms with Crippen molar-refractivity contribution in [2.75, 3.05) is 51.8 Å². The Morgan fingerprint density at radius 3 is 2.65 bits per heavy atom. The maximum atomic E-state index is 5.49. The molecular weight excluding hydrogens is 326 g/mol. The van der Waals surface area contributed by atoms with E-state index in [0.717, 1.165) is 56.5 Å². The largest absolute Gasteiger partial charge is 0.495 e. The average Bonchev–Trinajstić information content (AvgIpc) is 2.72. The molecule has 0 amide bonds. The van der Waals surface area contributed by atoms with Crippen LogP contribution in [-0.4, -0.2) is 62.7 Å². The second-order valence-corrected chi connectivity index (χ2v) is 6.23. The molecule has 3 rings (SSSR count). The lowest BCUT2D eigenvalue weighted by atomic mass is 10.2. The van der Waals surface area contributed by atoms with Crippen molar-refractivity contribution in [1.82, 2.24) is 15.2 Å². The number of rotatable bonds is 5. The molecule has 1 N–H and O–H groups in total. The van der Waals surface area contributed by atoms with Gasteiger partial charge in [0.05, 0.1) is 12.8 Å². The summed E-state index contributed by atoms with van der Waals surface area (Å²) in [4.78, 5) is 13.3. The number of para-hydroxylation sites is 2. The zero-order valence-electron chi connectivity index (χ0n) is 15.6. The van der Waals surface area contributed by atoms with Crippen LogP contribution in [-0.2, 0) is 6.42 Å². The van der Waals surface area contributed by atoms with Crippen molar-refractivity contribution in [3.05, 3.63) is 54.4 Å². The van der Waals surface area contributed by atoms with E-state index in [4.69, 9.17) is 4.74 Å². The van der Waals surface area contributed by atoms with Crippen LogP contribution >= 0.6 is 0 Å². The predicted molar refractivity (Wildman–Crippen MR) is 106 cm³/mol. The van der Waals surface area contributed by atoms with Crippen molar-refractivity contribution in [3.63, 3.8) is 0 Å². The van der Waals surface area contributed by atoms with E-state index in [2.05, 4.69) is 43.3 Å². The quantitative estimate of drug-likeness (QED) is 0.658. The molecule has 0 radical (unpaired) electrons. The van der Waals surface area contributed by atoms with Crippen LogP contribution in [0.4, 0.5) is 5.69 Å². The minimum atomic E-state index is 0.852. The van der Waals surface area contributed by atoms with Crippen molar-refractivity contribution in [2.24, 2.45) is 4.99 Å². The highest BCUT2D eigenvalue weighted by Gasteiger charge is 2.21. The van der Waals surface area contributed by atoms with E-state index < -0.39 is 0 Å². The van der Waals surface area contributed by atoms with E-state index in [0.29, 0.717) is 0 Å². The standard InChI is InChI=1S/C20H27N5O/c1-21-20(23-11-9-17-6-5-10-22-16-17)25-14-12-24(13-15-25)18-7-3-4-8-19(18)26-2/h3-8,10,16H,9,11-15H2,1-2H3,(H,21,23). The average molecular weight is 353 g/mol. The molecule has 0 bridgehead atoms. The van der Waals surface area contributed by atoms with Gasteiger partial charge < -0.3 is 19.9 Å². The Hall–Kier alpha value is -2.76. The van der Waals surface area contributed by atoms with Crippen LogP contribution in [0.5, 0.6) is 5.75 Å². The second kappa shape index (κ2) is 9.08. The fourth-order valence-corrected chi connectivity index (χ4v) is 3.25. The predicted octanol–water partition coefficient (Wildman–Crippen LogP) is 2.03. The Kier molecular flexibility index (Phi) is 6.30. The maximum absolute atomic E-state index is 5.49. The summed E-state index contributed by atoms with van der Waals surface area (Å²) in [6, 6.07) is 12.3. The van der Waals surface area contributed by atoms with Crippen LogP contribution in [0.25, 0.3) is 0 Å². The number of hydrogen-bond donors (Lipinski definition) is 1. The number of hydrogen-bond acceptors (Lipinski definition) is 4. The van der Waals surface area contributed by atoms with Crippen LogP contribution in [0.3, 0.4) is 0 Å². The molecule has 2 aromatic rings. The third-order valence-electron chi connectivity index (χ3n) is 4.64. The highest BCUT2D eigenvalue weighted by molar-refractivity contribution is 5.80. The van der Waals surface area contributed by atoms with Crippen molar-refractivity contribution >= 4 is 11.6 Å². The SMILES string of the molecule is CN=C(NCCc1cccnc1)N1CCN(c2ccccc2OC)CC1. The molecule has 1 fully saturated rings. The van der Waals surface area contributed by atoms with Gasteiger partial charge in [-0.2, -0.15) is 0 Å². The van der Waals surface area contributed by atoms with Gasteiger partial charge in [0.25, 0.3) is 0 Å². The number of ether oxygens (including phenoxy) is 1. The minimum Gasteiger partial charge on any atom is -0.495 e. The van der Waals surface area contributed by atoms with Gasteiger partial charge in [-0.1, -0.05) is 18.2 Å². The van der Waals surface area contributed by atoms with Crippen molar-refractivity contribution in [3.8, 4) is 5.75 Å². The first-order valence-electron chi connectivity index (χ1n) is 9.04. The smallest absolute Gasteiger partial charge is 0.193 e. The number of aliphatic imine (C=N–C) groups is 1. The first-order chi connectivity index (χ1) is 12.8. The lowest BCUT2D eigenvalue weighted by Gasteiger charge is -2.38.